The fraction of sp³-hybridized carbons (Fsp3) is 0.500. The van der Waals surface area contributed by atoms with Crippen molar-refractivity contribution in [2.24, 2.45) is 5.41 Å². The molecule has 0 aliphatic heterocycles. The number of amides is 1. The molecule has 2 nitrogen and oxygen atoms in total. The third-order valence-corrected chi connectivity index (χ3v) is 1.49. The zero-order chi connectivity index (χ0) is 9.78. The Hall–Kier alpha value is -1.05. The summed E-state index contributed by atoms with van der Waals surface area (Å²) >= 11 is 0. The first-order valence-electron chi connectivity index (χ1n) is 3.98. The second-order valence-electron chi connectivity index (χ2n) is 3.53. The number of allylic oxidation sites excluding steroid dienone is 3. The average Bonchev–Trinajstić information content (AvgIpc) is 1.84. The summed E-state index contributed by atoms with van der Waals surface area (Å²) in [6.07, 6.45) is 3.82. The smallest absolute Gasteiger partial charge is 0.220 e. The van der Waals surface area contributed by atoms with Gasteiger partial charge in [-0.25, -0.2) is 0 Å². The van der Waals surface area contributed by atoms with Crippen LogP contribution in [0.5, 0.6) is 0 Å². The number of hydrogen-bond donors (Lipinski definition) is 1. The van der Waals surface area contributed by atoms with Crippen LogP contribution < -0.4 is 5.32 Å². The van der Waals surface area contributed by atoms with Crippen molar-refractivity contribution in [1.29, 1.82) is 0 Å². The lowest BCUT2D eigenvalue weighted by molar-refractivity contribution is -0.118. The van der Waals surface area contributed by atoms with Crippen molar-refractivity contribution >= 4 is 5.91 Å². The van der Waals surface area contributed by atoms with E-state index in [4.69, 9.17) is 0 Å². The Morgan fingerprint density at radius 3 is 2.25 bits per heavy atom. The minimum atomic E-state index is -0.0630. The van der Waals surface area contributed by atoms with Crippen molar-refractivity contribution in [3.8, 4) is 0 Å². The van der Waals surface area contributed by atoms with Gasteiger partial charge in [0.2, 0.25) is 5.91 Å². The fourth-order valence-electron chi connectivity index (χ4n) is 0.931. The predicted octanol–water partition coefficient (Wildman–Crippen LogP) is 2.24. The number of hydrogen-bond acceptors (Lipinski definition) is 1. The van der Waals surface area contributed by atoms with E-state index in [0.717, 1.165) is 5.70 Å². The van der Waals surface area contributed by atoms with Gasteiger partial charge in [0, 0.05) is 18.0 Å². The molecule has 0 spiro atoms. The Kier molecular flexibility index (Phi) is 3.74. The lowest BCUT2D eigenvalue weighted by Gasteiger charge is -2.15. The van der Waals surface area contributed by atoms with Crippen LogP contribution in [0.3, 0.4) is 0 Å². The van der Waals surface area contributed by atoms with Crippen LogP contribution in [0.25, 0.3) is 0 Å². The van der Waals surface area contributed by atoms with Gasteiger partial charge in [0.25, 0.3) is 0 Å². The molecule has 0 aromatic rings. The second kappa shape index (κ2) is 4.10. The van der Waals surface area contributed by atoms with Crippen LogP contribution >= 0.6 is 0 Å². The van der Waals surface area contributed by atoms with Crippen LogP contribution in [0.2, 0.25) is 0 Å². The van der Waals surface area contributed by atoms with Crippen LogP contribution in [0.4, 0.5) is 0 Å². The first kappa shape index (κ1) is 11.0. The molecule has 2 heteroatoms. The van der Waals surface area contributed by atoms with E-state index < -0.39 is 0 Å². The summed E-state index contributed by atoms with van der Waals surface area (Å²) in [5.41, 5.74) is 0.805. The summed E-state index contributed by atoms with van der Waals surface area (Å²) in [6, 6.07) is 0. The molecule has 0 saturated carbocycles. The molecule has 0 aliphatic rings. The van der Waals surface area contributed by atoms with E-state index in [1.54, 1.807) is 0 Å². The minimum absolute atomic E-state index is 0.0383. The Bertz CT molecular complexity index is 214. The average molecular weight is 167 g/mol. The first-order chi connectivity index (χ1) is 5.37. The van der Waals surface area contributed by atoms with E-state index in [9.17, 15) is 4.79 Å². The normalized spacial score (nSPS) is 12.5. The molecule has 0 bridgehead atoms. The topological polar surface area (TPSA) is 29.1 Å². The lowest BCUT2D eigenvalue weighted by Crippen LogP contribution is -2.19. The van der Waals surface area contributed by atoms with E-state index in [1.807, 2.05) is 32.9 Å². The Balaban J connectivity index is 4.34. The molecule has 12 heavy (non-hydrogen) atoms. The van der Waals surface area contributed by atoms with Gasteiger partial charge in [-0.3, -0.25) is 4.79 Å². The molecule has 68 valence electrons. The predicted molar refractivity (Wildman–Crippen MR) is 51.6 cm³/mol. The molecule has 0 radical (unpaired) electrons. The molecule has 0 aliphatic carbocycles. The molecular weight excluding hydrogens is 150 g/mol. The molecule has 0 aromatic carbocycles. The molecule has 0 unspecified atom stereocenters. The van der Waals surface area contributed by atoms with Crippen LogP contribution in [-0.2, 0) is 4.79 Å². The van der Waals surface area contributed by atoms with Gasteiger partial charge in [0.1, 0.15) is 0 Å². The van der Waals surface area contributed by atoms with Crippen molar-refractivity contribution in [1.82, 2.24) is 5.32 Å². The third kappa shape index (κ3) is 4.72. The molecule has 0 aromatic heterocycles. The maximum absolute atomic E-state index is 10.7. The number of rotatable bonds is 3. The summed E-state index contributed by atoms with van der Waals surface area (Å²) in [5, 5.41) is 2.71. The zero-order valence-electron chi connectivity index (χ0n) is 8.27. The SMILES string of the molecule is C=CC(C)(C)/C=C(\C)NC(C)=O. The summed E-state index contributed by atoms with van der Waals surface area (Å²) < 4.78 is 0. The lowest BCUT2D eigenvalue weighted by atomic mass is 9.93. The van der Waals surface area contributed by atoms with Crippen molar-refractivity contribution in [2.75, 3.05) is 0 Å². The number of nitrogens with one attached hydrogen (secondary N) is 1. The maximum Gasteiger partial charge on any atom is 0.220 e. The summed E-state index contributed by atoms with van der Waals surface area (Å²) in [4.78, 5) is 10.7. The minimum Gasteiger partial charge on any atom is -0.331 e. The fourth-order valence-corrected chi connectivity index (χ4v) is 0.931. The Labute approximate surface area is 74.4 Å². The standard InChI is InChI=1S/C10H17NO/c1-6-10(4,5)7-8(2)11-9(3)12/h6-7H,1H2,2-5H3,(H,11,12)/b8-7+. The highest BCUT2D eigenvalue weighted by atomic mass is 16.1. The highest BCUT2D eigenvalue weighted by Crippen LogP contribution is 2.18. The van der Waals surface area contributed by atoms with Crippen LogP contribution in [0.15, 0.2) is 24.4 Å². The molecule has 0 saturated heterocycles. The third-order valence-electron chi connectivity index (χ3n) is 1.49. The Morgan fingerprint density at radius 1 is 1.42 bits per heavy atom. The van der Waals surface area contributed by atoms with Crippen molar-refractivity contribution in [2.45, 2.75) is 27.7 Å². The van der Waals surface area contributed by atoms with Gasteiger partial charge < -0.3 is 5.32 Å². The van der Waals surface area contributed by atoms with Gasteiger partial charge in [-0.15, -0.1) is 6.58 Å². The van der Waals surface area contributed by atoms with Crippen LogP contribution in [0.1, 0.15) is 27.7 Å². The summed E-state index contributed by atoms with van der Waals surface area (Å²) in [7, 11) is 0. The highest BCUT2D eigenvalue weighted by Gasteiger charge is 2.08. The van der Waals surface area contributed by atoms with Gasteiger partial charge in [-0.1, -0.05) is 26.0 Å². The van der Waals surface area contributed by atoms with Gasteiger partial charge in [-0.05, 0) is 6.92 Å². The van der Waals surface area contributed by atoms with Crippen molar-refractivity contribution in [3.63, 3.8) is 0 Å². The summed E-state index contributed by atoms with van der Waals surface area (Å²) in [5.74, 6) is -0.0383. The van der Waals surface area contributed by atoms with Crippen LogP contribution in [0, 0.1) is 5.41 Å². The van der Waals surface area contributed by atoms with Crippen molar-refractivity contribution in [3.05, 3.63) is 24.4 Å². The largest absolute Gasteiger partial charge is 0.331 e. The maximum atomic E-state index is 10.7. The van der Waals surface area contributed by atoms with Gasteiger partial charge >= 0.3 is 0 Å². The van der Waals surface area contributed by atoms with Crippen molar-refractivity contribution < 1.29 is 4.79 Å². The van der Waals surface area contributed by atoms with E-state index in [1.165, 1.54) is 6.92 Å². The number of carbonyl (C=O) groups is 1. The van der Waals surface area contributed by atoms with E-state index in [-0.39, 0.29) is 11.3 Å². The summed E-state index contributed by atoms with van der Waals surface area (Å²) in [6.45, 7) is 11.1. The van der Waals surface area contributed by atoms with Gasteiger partial charge in [0.05, 0.1) is 0 Å². The Morgan fingerprint density at radius 2 is 1.92 bits per heavy atom. The monoisotopic (exact) mass is 167 g/mol. The van der Waals surface area contributed by atoms with Gasteiger partial charge in [-0.2, -0.15) is 0 Å². The number of carbonyl (C=O) groups excluding carboxylic acids is 1. The van der Waals surface area contributed by atoms with E-state index in [0.29, 0.717) is 0 Å². The quantitative estimate of drug-likeness (QED) is 0.642. The van der Waals surface area contributed by atoms with Gasteiger partial charge in [0.15, 0.2) is 0 Å². The molecule has 0 fully saturated rings. The highest BCUT2D eigenvalue weighted by molar-refractivity contribution is 5.74. The zero-order valence-corrected chi connectivity index (χ0v) is 8.27. The van der Waals surface area contributed by atoms with E-state index >= 15 is 0 Å². The molecular formula is C10H17NO. The van der Waals surface area contributed by atoms with Crippen LogP contribution in [-0.4, -0.2) is 5.91 Å². The molecule has 0 heterocycles. The molecule has 0 rings (SSSR count). The second-order valence-corrected chi connectivity index (χ2v) is 3.53. The molecule has 1 N–H and O–H groups in total. The first-order valence-corrected chi connectivity index (χ1v) is 3.98. The van der Waals surface area contributed by atoms with E-state index in [2.05, 4.69) is 11.9 Å². The molecule has 0 atom stereocenters. The molecule has 1 amide bonds.